The number of ether oxygens (including phenoxy) is 1. The van der Waals surface area contributed by atoms with Crippen LogP contribution in [0.3, 0.4) is 0 Å². The van der Waals surface area contributed by atoms with Gasteiger partial charge in [-0.2, -0.15) is 0 Å². The maximum Gasteiger partial charge on any atom is 0.0502 e. The molecule has 1 nitrogen and oxygen atoms in total. The van der Waals surface area contributed by atoms with Gasteiger partial charge in [0.1, 0.15) is 0 Å². The minimum Gasteiger partial charge on any atom is -0.384 e. The standard InChI is InChI=1S/C11H16O/c1-9-6-10(2)8-11(7-9)4-5-12-3/h6-8H,4-5H2,1-3H3. The number of rotatable bonds is 3. The van der Waals surface area contributed by atoms with Crippen molar-refractivity contribution < 1.29 is 4.74 Å². The van der Waals surface area contributed by atoms with E-state index in [1.165, 1.54) is 16.7 Å². The summed E-state index contributed by atoms with van der Waals surface area (Å²) in [6.45, 7) is 5.06. The molecule has 0 saturated heterocycles. The van der Waals surface area contributed by atoms with Crippen LogP contribution in [0.1, 0.15) is 16.7 Å². The maximum atomic E-state index is 5.03. The second-order valence-electron chi connectivity index (χ2n) is 3.24. The van der Waals surface area contributed by atoms with Gasteiger partial charge in [-0.1, -0.05) is 29.3 Å². The molecule has 0 radical (unpaired) electrons. The lowest BCUT2D eigenvalue weighted by atomic mass is 10.1. The van der Waals surface area contributed by atoms with Crippen molar-refractivity contribution in [2.45, 2.75) is 20.3 Å². The minimum absolute atomic E-state index is 0.808. The highest BCUT2D eigenvalue weighted by atomic mass is 16.5. The Morgan fingerprint density at radius 3 is 2.17 bits per heavy atom. The smallest absolute Gasteiger partial charge is 0.0502 e. The van der Waals surface area contributed by atoms with Crippen molar-refractivity contribution in [3.8, 4) is 0 Å². The van der Waals surface area contributed by atoms with Crippen LogP contribution in [-0.4, -0.2) is 13.7 Å². The van der Waals surface area contributed by atoms with Gasteiger partial charge in [-0.3, -0.25) is 0 Å². The van der Waals surface area contributed by atoms with E-state index >= 15 is 0 Å². The fraction of sp³-hybridized carbons (Fsp3) is 0.455. The topological polar surface area (TPSA) is 9.23 Å². The lowest BCUT2D eigenvalue weighted by molar-refractivity contribution is 0.202. The van der Waals surface area contributed by atoms with Crippen LogP contribution in [-0.2, 0) is 11.2 Å². The zero-order chi connectivity index (χ0) is 8.97. The first-order chi connectivity index (χ1) is 5.72. The van der Waals surface area contributed by atoms with Gasteiger partial charge in [0.15, 0.2) is 0 Å². The molecule has 0 aliphatic heterocycles. The molecule has 66 valence electrons. The van der Waals surface area contributed by atoms with Crippen LogP contribution in [0.15, 0.2) is 18.2 Å². The summed E-state index contributed by atoms with van der Waals surface area (Å²) in [5.41, 5.74) is 4.04. The molecule has 0 saturated carbocycles. The van der Waals surface area contributed by atoms with E-state index < -0.39 is 0 Å². The second kappa shape index (κ2) is 4.27. The number of benzene rings is 1. The molecule has 1 rings (SSSR count). The summed E-state index contributed by atoms with van der Waals surface area (Å²) in [7, 11) is 1.74. The Kier molecular flexibility index (Phi) is 3.30. The van der Waals surface area contributed by atoms with Crippen molar-refractivity contribution in [3.05, 3.63) is 34.9 Å². The Morgan fingerprint density at radius 2 is 1.67 bits per heavy atom. The molecule has 0 spiro atoms. The minimum atomic E-state index is 0.808. The van der Waals surface area contributed by atoms with Gasteiger partial charge in [0.25, 0.3) is 0 Å². The molecule has 0 bridgehead atoms. The van der Waals surface area contributed by atoms with Gasteiger partial charge in [-0.05, 0) is 25.8 Å². The Hall–Kier alpha value is -0.820. The highest BCUT2D eigenvalue weighted by Crippen LogP contribution is 2.09. The molecular formula is C11H16O. The van der Waals surface area contributed by atoms with Gasteiger partial charge in [-0.15, -0.1) is 0 Å². The molecule has 0 N–H and O–H groups in total. The van der Waals surface area contributed by atoms with Crippen LogP contribution in [0.25, 0.3) is 0 Å². The molecule has 0 unspecified atom stereocenters. The Bertz CT molecular complexity index is 233. The number of methoxy groups -OCH3 is 1. The summed E-state index contributed by atoms with van der Waals surface area (Å²) in [5, 5.41) is 0. The molecule has 0 fully saturated rings. The summed E-state index contributed by atoms with van der Waals surface area (Å²) in [6.07, 6.45) is 1.01. The third kappa shape index (κ3) is 2.67. The summed E-state index contributed by atoms with van der Waals surface area (Å²) >= 11 is 0. The van der Waals surface area contributed by atoms with Crippen molar-refractivity contribution in [2.75, 3.05) is 13.7 Å². The molecule has 1 heteroatoms. The molecule has 1 aromatic rings. The van der Waals surface area contributed by atoms with Gasteiger partial charge in [0, 0.05) is 7.11 Å². The number of hydrogen-bond acceptors (Lipinski definition) is 1. The summed E-state index contributed by atoms with van der Waals surface area (Å²) in [5.74, 6) is 0. The van der Waals surface area contributed by atoms with Gasteiger partial charge in [0.05, 0.1) is 6.61 Å². The molecule has 0 atom stereocenters. The van der Waals surface area contributed by atoms with E-state index in [9.17, 15) is 0 Å². The highest BCUT2D eigenvalue weighted by molar-refractivity contribution is 5.28. The largest absolute Gasteiger partial charge is 0.384 e. The van der Waals surface area contributed by atoms with Crippen molar-refractivity contribution >= 4 is 0 Å². The highest BCUT2D eigenvalue weighted by Gasteiger charge is 1.94. The van der Waals surface area contributed by atoms with E-state index in [-0.39, 0.29) is 0 Å². The number of hydrogen-bond donors (Lipinski definition) is 0. The monoisotopic (exact) mass is 164 g/mol. The van der Waals surface area contributed by atoms with Crippen LogP contribution in [0.2, 0.25) is 0 Å². The summed E-state index contributed by atoms with van der Waals surface area (Å²) in [4.78, 5) is 0. The van der Waals surface area contributed by atoms with E-state index in [0.717, 1.165) is 13.0 Å². The Morgan fingerprint density at radius 1 is 1.08 bits per heavy atom. The van der Waals surface area contributed by atoms with Gasteiger partial charge in [0.2, 0.25) is 0 Å². The molecule has 0 aliphatic carbocycles. The summed E-state index contributed by atoms with van der Waals surface area (Å²) in [6, 6.07) is 6.62. The molecule has 1 aromatic carbocycles. The van der Waals surface area contributed by atoms with Crippen LogP contribution in [0.4, 0.5) is 0 Å². The van der Waals surface area contributed by atoms with Gasteiger partial charge in [-0.25, -0.2) is 0 Å². The van der Waals surface area contributed by atoms with Crippen LogP contribution >= 0.6 is 0 Å². The molecular weight excluding hydrogens is 148 g/mol. The average molecular weight is 164 g/mol. The van der Waals surface area contributed by atoms with Crippen molar-refractivity contribution in [1.82, 2.24) is 0 Å². The van der Waals surface area contributed by atoms with Crippen LogP contribution in [0.5, 0.6) is 0 Å². The first-order valence-electron chi connectivity index (χ1n) is 4.28. The fourth-order valence-corrected chi connectivity index (χ4v) is 1.43. The van der Waals surface area contributed by atoms with Crippen molar-refractivity contribution in [1.29, 1.82) is 0 Å². The van der Waals surface area contributed by atoms with E-state index in [2.05, 4.69) is 32.0 Å². The quantitative estimate of drug-likeness (QED) is 0.667. The third-order valence-corrected chi connectivity index (χ3v) is 1.88. The average Bonchev–Trinajstić information content (AvgIpc) is 1.99. The Balaban J connectivity index is 2.72. The van der Waals surface area contributed by atoms with Gasteiger partial charge >= 0.3 is 0 Å². The van der Waals surface area contributed by atoms with Crippen molar-refractivity contribution in [2.24, 2.45) is 0 Å². The molecule has 0 heterocycles. The lowest BCUT2D eigenvalue weighted by Crippen LogP contribution is -1.95. The zero-order valence-electron chi connectivity index (χ0n) is 8.05. The number of aryl methyl sites for hydroxylation is 2. The van der Waals surface area contributed by atoms with E-state index in [1.807, 2.05) is 0 Å². The lowest BCUT2D eigenvalue weighted by Gasteiger charge is -2.03. The summed E-state index contributed by atoms with van der Waals surface area (Å²) < 4.78 is 5.03. The maximum absolute atomic E-state index is 5.03. The van der Waals surface area contributed by atoms with Crippen LogP contribution in [0, 0.1) is 13.8 Å². The second-order valence-corrected chi connectivity index (χ2v) is 3.24. The zero-order valence-corrected chi connectivity index (χ0v) is 8.05. The first-order valence-corrected chi connectivity index (χ1v) is 4.28. The predicted molar refractivity (Wildman–Crippen MR) is 51.5 cm³/mol. The molecule has 0 aliphatic rings. The van der Waals surface area contributed by atoms with E-state index in [0.29, 0.717) is 0 Å². The van der Waals surface area contributed by atoms with E-state index in [1.54, 1.807) is 7.11 Å². The fourth-order valence-electron chi connectivity index (χ4n) is 1.43. The van der Waals surface area contributed by atoms with Crippen LogP contribution < -0.4 is 0 Å². The molecule has 0 aromatic heterocycles. The molecule has 12 heavy (non-hydrogen) atoms. The predicted octanol–water partition coefficient (Wildman–Crippen LogP) is 2.49. The first kappa shape index (κ1) is 9.27. The van der Waals surface area contributed by atoms with Gasteiger partial charge < -0.3 is 4.74 Å². The Labute approximate surface area is 74.4 Å². The van der Waals surface area contributed by atoms with Crippen molar-refractivity contribution in [3.63, 3.8) is 0 Å². The molecule has 0 amide bonds. The SMILES string of the molecule is COCCc1cc(C)cc(C)c1. The van der Waals surface area contributed by atoms with E-state index in [4.69, 9.17) is 4.74 Å². The third-order valence-electron chi connectivity index (χ3n) is 1.88. The normalized spacial score (nSPS) is 10.2.